The number of para-hydroxylation sites is 4. The highest BCUT2D eigenvalue weighted by Gasteiger charge is 2.31. The minimum absolute atomic E-state index is 0.337. The molecule has 392 valence electrons. The van der Waals surface area contributed by atoms with Crippen LogP contribution in [0.4, 0.5) is 34.1 Å². The molecule has 0 unspecified atom stereocenters. The van der Waals surface area contributed by atoms with Gasteiger partial charge in [-0.2, -0.15) is 0 Å². The molecule has 2 aromatic heterocycles. The van der Waals surface area contributed by atoms with Crippen LogP contribution in [0.5, 0.6) is 0 Å². The van der Waals surface area contributed by atoms with Crippen molar-refractivity contribution in [2.45, 2.75) is 19.8 Å². The van der Waals surface area contributed by atoms with Gasteiger partial charge >= 0.3 is 0 Å². The molecule has 16 rings (SSSR count). The van der Waals surface area contributed by atoms with Crippen LogP contribution in [0.2, 0.25) is 0 Å². The largest absolute Gasteiger partial charge is 0.454 e. The Morgan fingerprint density at radius 1 is 0.265 bits per heavy atom. The monoisotopic (exact) mass is 1060 g/mol. The molecule has 4 nitrogen and oxygen atoms in total. The van der Waals surface area contributed by atoms with Crippen LogP contribution >= 0.6 is 0 Å². The van der Waals surface area contributed by atoms with Crippen LogP contribution in [0.15, 0.2) is 294 Å². The summed E-state index contributed by atoms with van der Waals surface area (Å²) in [6, 6.07) is 104. The Labute approximate surface area is 481 Å². The van der Waals surface area contributed by atoms with Gasteiger partial charge < -0.3 is 18.6 Å². The third-order valence-electron chi connectivity index (χ3n) is 17.0. The Balaban J connectivity index is 1.11. The molecule has 0 saturated heterocycles. The fourth-order valence-electron chi connectivity index (χ4n) is 13.0. The lowest BCUT2D eigenvalue weighted by Crippen LogP contribution is -2.16. The van der Waals surface area contributed by atoms with E-state index in [4.69, 9.17) is 8.83 Å². The van der Waals surface area contributed by atoms with Gasteiger partial charge in [0.1, 0.15) is 11.2 Å². The zero-order chi connectivity index (χ0) is 55.1. The summed E-state index contributed by atoms with van der Waals surface area (Å²) in [5, 5.41) is 11.3. The summed E-state index contributed by atoms with van der Waals surface area (Å²) in [5.41, 5.74) is 19.3. The molecule has 0 atom stereocenters. The van der Waals surface area contributed by atoms with E-state index >= 15 is 0 Å². The normalized spacial score (nSPS) is 11.8. The van der Waals surface area contributed by atoms with Crippen molar-refractivity contribution in [3.05, 3.63) is 291 Å². The minimum atomic E-state index is 0.337. The van der Waals surface area contributed by atoms with Gasteiger partial charge in [-0.3, -0.25) is 0 Å². The summed E-state index contributed by atoms with van der Waals surface area (Å²) in [7, 11) is 0. The molecule has 0 saturated carbocycles. The summed E-state index contributed by atoms with van der Waals surface area (Å²) < 4.78 is 14.4. The summed E-state index contributed by atoms with van der Waals surface area (Å²) in [5.74, 6) is 0.337. The van der Waals surface area contributed by atoms with Crippen molar-refractivity contribution < 1.29 is 8.83 Å². The maximum atomic E-state index is 7.18. The summed E-state index contributed by atoms with van der Waals surface area (Å²) in [6.45, 7) is 4.58. The molecule has 0 radical (unpaired) electrons. The van der Waals surface area contributed by atoms with E-state index in [1.165, 1.54) is 27.1 Å². The van der Waals surface area contributed by atoms with E-state index in [0.717, 1.165) is 133 Å². The van der Waals surface area contributed by atoms with E-state index in [2.05, 4.69) is 309 Å². The van der Waals surface area contributed by atoms with Gasteiger partial charge in [0.15, 0.2) is 11.2 Å². The summed E-state index contributed by atoms with van der Waals surface area (Å²) in [6.07, 6.45) is 0. The van der Waals surface area contributed by atoms with Crippen LogP contribution < -0.4 is 9.80 Å². The Morgan fingerprint density at radius 2 is 0.663 bits per heavy atom. The molecule has 0 bridgehead atoms. The van der Waals surface area contributed by atoms with Gasteiger partial charge in [-0.25, -0.2) is 0 Å². The molecule has 83 heavy (non-hydrogen) atoms. The fraction of sp³-hybridized carbons (Fsp3) is 0.0380. The molecule has 2 heterocycles. The molecule has 0 aliphatic heterocycles. The van der Waals surface area contributed by atoms with Crippen molar-refractivity contribution in [1.29, 1.82) is 0 Å². The van der Waals surface area contributed by atoms with Crippen LogP contribution in [0.1, 0.15) is 25.3 Å². The molecule has 0 N–H and O–H groups in total. The maximum Gasteiger partial charge on any atom is 0.159 e. The van der Waals surface area contributed by atoms with Gasteiger partial charge in [0.2, 0.25) is 0 Å². The Kier molecular flexibility index (Phi) is 11.4. The number of furan rings is 2. The molecule has 0 fully saturated rings. The van der Waals surface area contributed by atoms with Crippen LogP contribution in [0.25, 0.3) is 121 Å². The lowest BCUT2D eigenvalue weighted by molar-refractivity contribution is 0.669. The lowest BCUT2D eigenvalue weighted by Gasteiger charge is -2.34. The zero-order valence-electron chi connectivity index (χ0n) is 45.9. The van der Waals surface area contributed by atoms with Gasteiger partial charge in [0, 0.05) is 48.8 Å². The predicted octanol–water partition coefficient (Wildman–Crippen LogP) is 23.1. The molecule has 0 amide bonds. The van der Waals surface area contributed by atoms with E-state index in [-0.39, 0.29) is 0 Å². The number of hydrogen-bond acceptors (Lipinski definition) is 4. The SMILES string of the molecule is CC(C)c1cc2ccc3c(N(c4cc(-c5ccccc5)ccc4-c4ccccc4)c4cccc5c4oc4ccccc45)cc(N(c4cc(-c5ccccc5)ccc4-c4ccccc4)c4cccc5c4oc4ccccc45)c4ccc(c1)c2c34. The smallest absolute Gasteiger partial charge is 0.159 e. The first-order valence-corrected chi connectivity index (χ1v) is 28.7. The van der Waals surface area contributed by atoms with Gasteiger partial charge in [-0.05, 0) is 103 Å². The molecular weight excluding hydrogens is 1010 g/mol. The minimum Gasteiger partial charge on any atom is -0.454 e. The van der Waals surface area contributed by atoms with Crippen LogP contribution in [-0.2, 0) is 0 Å². The predicted molar refractivity (Wildman–Crippen MR) is 350 cm³/mol. The number of nitrogens with zero attached hydrogens (tertiary/aromatic N) is 2. The molecule has 4 heteroatoms. The average Bonchev–Trinajstić information content (AvgIpc) is 1.89. The van der Waals surface area contributed by atoms with Crippen LogP contribution in [-0.4, -0.2) is 0 Å². The fourth-order valence-corrected chi connectivity index (χ4v) is 13.0. The van der Waals surface area contributed by atoms with Gasteiger partial charge in [-0.15, -0.1) is 0 Å². The molecule has 0 aliphatic carbocycles. The third kappa shape index (κ3) is 7.97. The van der Waals surface area contributed by atoms with E-state index in [1.54, 1.807) is 0 Å². The van der Waals surface area contributed by atoms with E-state index < -0.39 is 0 Å². The van der Waals surface area contributed by atoms with Gasteiger partial charge in [-0.1, -0.05) is 257 Å². The second-order valence-corrected chi connectivity index (χ2v) is 22.1. The van der Waals surface area contributed by atoms with E-state index in [9.17, 15) is 0 Å². The Hall–Kier alpha value is -10.7. The molecule has 0 spiro atoms. The molecular formula is C79H54N2O2. The van der Waals surface area contributed by atoms with Crippen molar-refractivity contribution in [1.82, 2.24) is 0 Å². The first-order valence-electron chi connectivity index (χ1n) is 28.7. The second kappa shape index (κ2) is 19.5. The van der Waals surface area contributed by atoms with Crippen molar-refractivity contribution in [3.63, 3.8) is 0 Å². The number of anilines is 6. The maximum absolute atomic E-state index is 7.18. The number of rotatable bonds is 11. The number of fused-ring (bicyclic) bond motifs is 6. The van der Waals surface area contributed by atoms with Crippen LogP contribution in [0, 0.1) is 0 Å². The molecule has 16 aromatic rings. The second-order valence-electron chi connectivity index (χ2n) is 22.1. The summed E-state index contributed by atoms with van der Waals surface area (Å²) in [4.78, 5) is 5.01. The number of hydrogen-bond donors (Lipinski definition) is 0. The molecule has 0 aliphatic rings. The number of benzene rings is 14. The molecule has 14 aromatic carbocycles. The highest BCUT2D eigenvalue weighted by Crippen LogP contribution is 2.56. The average molecular weight is 1060 g/mol. The topological polar surface area (TPSA) is 32.8 Å². The van der Waals surface area contributed by atoms with Gasteiger partial charge in [0.05, 0.1) is 34.1 Å². The van der Waals surface area contributed by atoms with E-state index in [1.807, 2.05) is 0 Å². The summed E-state index contributed by atoms with van der Waals surface area (Å²) >= 11 is 0. The zero-order valence-corrected chi connectivity index (χ0v) is 45.9. The van der Waals surface area contributed by atoms with E-state index in [0.29, 0.717) is 5.92 Å². The quantitative estimate of drug-likeness (QED) is 0.121. The van der Waals surface area contributed by atoms with Crippen molar-refractivity contribution >= 4 is 110 Å². The first-order chi connectivity index (χ1) is 41.0. The van der Waals surface area contributed by atoms with Crippen molar-refractivity contribution in [2.75, 3.05) is 9.80 Å². The highest BCUT2D eigenvalue weighted by molar-refractivity contribution is 6.30. The Bertz CT molecular complexity index is 4810. The standard InChI is InChI=1S/C79H54N2O2/c1-50(2)59-45-57-39-43-66-72(80(68-33-19-31-64-62-29-15-17-35-74(62)82-78(64)68)70-47-55(51-21-7-3-8-22-51)37-41-60(70)53-25-11-5-12-26-53)49-73(67-44-40-58(46-59)76(57)77(66)67)81(69-34-20-32-65-63-30-16-18-36-75(63)83-79(65)69)71-48-56(52-23-9-4-10-24-52)38-42-61(71)54-27-13-6-14-28-54/h3-50H,1-2H3. The lowest BCUT2D eigenvalue weighted by atomic mass is 9.88. The van der Waals surface area contributed by atoms with Crippen molar-refractivity contribution in [2.24, 2.45) is 0 Å². The van der Waals surface area contributed by atoms with Crippen molar-refractivity contribution in [3.8, 4) is 44.5 Å². The Morgan fingerprint density at radius 3 is 1.10 bits per heavy atom. The van der Waals surface area contributed by atoms with Crippen LogP contribution in [0.3, 0.4) is 0 Å². The van der Waals surface area contributed by atoms with Gasteiger partial charge in [0.25, 0.3) is 0 Å². The third-order valence-corrected chi connectivity index (χ3v) is 17.0. The first kappa shape index (κ1) is 48.2. The highest BCUT2D eigenvalue weighted by atomic mass is 16.3.